The number of alkyl halides is 2. The Balaban J connectivity index is 0.000000205. The summed E-state index contributed by atoms with van der Waals surface area (Å²) in [6.07, 6.45) is 5.47. The first kappa shape index (κ1) is 24.3. The van der Waals surface area contributed by atoms with Crippen LogP contribution in [0.4, 0.5) is 14.5 Å². The summed E-state index contributed by atoms with van der Waals surface area (Å²) in [4.78, 5) is 22.3. The highest BCUT2D eigenvalue weighted by molar-refractivity contribution is 7.48. The van der Waals surface area contributed by atoms with Gasteiger partial charge >= 0.3 is 14.4 Å². The largest absolute Gasteiger partial charge is 0.478 e. The van der Waals surface area contributed by atoms with Gasteiger partial charge in [0.25, 0.3) is 0 Å². The summed E-state index contributed by atoms with van der Waals surface area (Å²) in [6, 6.07) is 12.0. The summed E-state index contributed by atoms with van der Waals surface area (Å²) in [5.41, 5.74) is 9.66. The Morgan fingerprint density at radius 3 is 2.58 bits per heavy atom. The molecule has 1 saturated heterocycles. The normalized spacial score (nSPS) is 22.6. The maximum atomic E-state index is 11.6. The number of benzene rings is 2. The second-order valence-corrected chi connectivity index (χ2v) is 9.63. The Morgan fingerprint density at radius 2 is 1.92 bits per heavy atom. The molecule has 2 aromatic carbocycles. The number of phosphoric acid groups is 1. The molecule has 2 aliphatic heterocycles. The molecule has 0 spiro atoms. The van der Waals surface area contributed by atoms with E-state index in [2.05, 4.69) is 30.3 Å². The molecule has 0 aliphatic carbocycles. The molecule has 13 heteroatoms. The van der Waals surface area contributed by atoms with Gasteiger partial charge in [-0.15, -0.1) is 0 Å². The monoisotopic (exact) mass is 517 g/mol. The first-order chi connectivity index (χ1) is 17.1. The van der Waals surface area contributed by atoms with Crippen molar-refractivity contribution >= 4 is 24.5 Å². The van der Waals surface area contributed by atoms with Crippen LogP contribution in [-0.2, 0) is 32.4 Å². The number of hydrogen-bond acceptors (Lipinski definition) is 8. The zero-order chi connectivity index (χ0) is 25.5. The number of nitrogens with zero attached hydrogens (tertiary/aromatic N) is 4. The second-order valence-electron chi connectivity index (χ2n) is 8.33. The molecule has 6 rings (SSSR count). The molecule has 0 radical (unpaired) electrons. The number of ether oxygens (including phenoxy) is 1. The SMILES string of the molecule is CC1(c2ncc(-c3ccc4nc5n(c4c3)CCC5)cn2)OP(=O)(O)O1.Nc1cccc(OC(F)F)c1. The molecule has 36 heavy (non-hydrogen) atoms. The topological polar surface area (TPSA) is 135 Å². The average Bonchev–Trinajstić information content (AvgIpc) is 3.39. The molecule has 1 fully saturated rings. The van der Waals surface area contributed by atoms with Gasteiger partial charge in [0.15, 0.2) is 5.82 Å². The van der Waals surface area contributed by atoms with E-state index in [1.165, 1.54) is 19.1 Å². The number of hydrogen-bond donors (Lipinski definition) is 2. The molecular weight excluding hydrogens is 495 g/mol. The van der Waals surface area contributed by atoms with Crippen molar-refractivity contribution in [2.24, 2.45) is 0 Å². The second kappa shape index (κ2) is 9.21. The molecule has 4 heterocycles. The quantitative estimate of drug-likeness (QED) is 0.293. The van der Waals surface area contributed by atoms with Crippen LogP contribution in [0.5, 0.6) is 5.75 Å². The van der Waals surface area contributed by atoms with Gasteiger partial charge in [-0.3, -0.25) is 0 Å². The fourth-order valence-electron chi connectivity index (χ4n) is 4.12. The molecule has 3 N–H and O–H groups in total. The standard InChI is InChI=1S/C16H15N4O4P.C7H7F2NO/c1-16(23-25(21,22)24-16)15-17-8-11(9-18-15)10-4-5-12-13(7-10)20-6-2-3-14(20)19-12;8-7(9)11-6-3-1-2-5(10)4-6/h4-5,7-9H,2-3,6H2,1H3,(H,21,22);1-4,7H,10H2. The van der Waals surface area contributed by atoms with E-state index < -0.39 is 20.2 Å². The molecule has 10 nitrogen and oxygen atoms in total. The van der Waals surface area contributed by atoms with Gasteiger partial charge in [0, 0.05) is 42.7 Å². The van der Waals surface area contributed by atoms with E-state index in [9.17, 15) is 13.3 Å². The molecule has 4 aromatic rings. The number of nitrogens with two attached hydrogens (primary N) is 1. The minimum Gasteiger partial charge on any atom is -0.435 e. The molecule has 2 aromatic heterocycles. The number of imidazole rings is 1. The number of fused-ring (bicyclic) bond motifs is 3. The van der Waals surface area contributed by atoms with Crippen LogP contribution in [-0.4, -0.2) is 31.0 Å². The molecular formula is C23H22F2N5O5P. The molecule has 0 amide bonds. The summed E-state index contributed by atoms with van der Waals surface area (Å²) in [5, 5.41) is 0. The Morgan fingerprint density at radius 1 is 1.17 bits per heavy atom. The zero-order valence-corrected chi connectivity index (χ0v) is 19.9. The summed E-state index contributed by atoms with van der Waals surface area (Å²) in [6.45, 7) is -0.286. The van der Waals surface area contributed by atoms with Gasteiger partial charge < -0.3 is 19.9 Å². The van der Waals surface area contributed by atoms with Crippen molar-refractivity contribution < 1.29 is 32.0 Å². The first-order valence-corrected chi connectivity index (χ1v) is 12.5. The van der Waals surface area contributed by atoms with E-state index >= 15 is 0 Å². The van der Waals surface area contributed by atoms with Gasteiger partial charge in [-0.1, -0.05) is 12.1 Å². The first-order valence-electron chi connectivity index (χ1n) is 11.0. The van der Waals surface area contributed by atoms with Crippen LogP contribution in [0.15, 0.2) is 54.9 Å². The molecule has 0 atom stereocenters. The van der Waals surface area contributed by atoms with E-state index in [0.717, 1.165) is 47.4 Å². The Labute approximate surface area is 204 Å². The minimum atomic E-state index is -3.94. The fourth-order valence-corrected chi connectivity index (χ4v) is 5.18. The zero-order valence-electron chi connectivity index (χ0n) is 19.0. The van der Waals surface area contributed by atoms with Gasteiger partial charge in [0.1, 0.15) is 11.6 Å². The predicted molar refractivity (Wildman–Crippen MR) is 126 cm³/mol. The van der Waals surface area contributed by atoms with Crippen LogP contribution in [0.1, 0.15) is 25.0 Å². The molecule has 2 aliphatic rings. The molecule has 0 unspecified atom stereocenters. The lowest BCUT2D eigenvalue weighted by atomic mass is 10.1. The number of phosphoric ester groups is 1. The number of halogens is 2. The number of nitrogen functional groups attached to an aromatic ring is 1. The van der Waals surface area contributed by atoms with Crippen molar-refractivity contribution in [1.82, 2.24) is 19.5 Å². The molecule has 0 bridgehead atoms. The van der Waals surface area contributed by atoms with Gasteiger partial charge in [0.2, 0.25) is 5.79 Å². The van der Waals surface area contributed by atoms with Crippen LogP contribution >= 0.6 is 7.82 Å². The van der Waals surface area contributed by atoms with Gasteiger partial charge in [-0.2, -0.15) is 8.78 Å². The van der Waals surface area contributed by atoms with Gasteiger partial charge in [0.05, 0.1) is 11.0 Å². The van der Waals surface area contributed by atoms with Crippen LogP contribution < -0.4 is 10.5 Å². The third kappa shape index (κ3) is 4.93. The summed E-state index contributed by atoms with van der Waals surface area (Å²) < 4.78 is 50.5. The van der Waals surface area contributed by atoms with Gasteiger partial charge in [-0.25, -0.2) is 28.6 Å². The van der Waals surface area contributed by atoms with E-state index in [-0.39, 0.29) is 11.6 Å². The maximum Gasteiger partial charge on any atom is 0.478 e. The smallest absolute Gasteiger partial charge is 0.435 e. The van der Waals surface area contributed by atoms with E-state index in [1.54, 1.807) is 24.5 Å². The van der Waals surface area contributed by atoms with Crippen molar-refractivity contribution in [2.45, 2.75) is 38.7 Å². The lowest BCUT2D eigenvalue weighted by molar-refractivity contribution is -0.217. The molecule has 0 saturated carbocycles. The lowest BCUT2D eigenvalue weighted by Crippen LogP contribution is -2.38. The van der Waals surface area contributed by atoms with Crippen LogP contribution in [0.3, 0.4) is 0 Å². The fraction of sp³-hybridized carbons (Fsp3) is 0.261. The van der Waals surface area contributed by atoms with Gasteiger partial charge in [-0.05, 0) is 43.2 Å². The van der Waals surface area contributed by atoms with Crippen molar-refractivity contribution in [2.75, 3.05) is 5.73 Å². The van der Waals surface area contributed by atoms with Crippen molar-refractivity contribution in [3.8, 4) is 16.9 Å². The van der Waals surface area contributed by atoms with Crippen molar-refractivity contribution in [3.63, 3.8) is 0 Å². The van der Waals surface area contributed by atoms with Crippen LogP contribution in [0, 0.1) is 0 Å². The number of aryl methyl sites for hydroxylation is 2. The van der Waals surface area contributed by atoms with E-state index in [4.69, 9.17) is 19.7 Å². The summed E-state index contributed by atoms with van der Waals surface area (Å²) in [5.74, 6) is 0.0569. The minimum absolute atomic E-state index is 0.0833. The molecule has 188 valence electrons. The number of aromatic nitrogens is 4. The third-order valence-corrected chi connectivity index (χ3v) is 6.82. The van der Waals surface area contributed by atoms with Crippen LogP contribution in [0.25, 0.3) is 22.2 Å². The van der Waals surface area contributed by atoms with Crippen molar-refractivity contribution in [3.05, 3.63) is 66.5 Å². The van der Waals surface area contributed by atoms with Crippen LogP contribution in [0.2, 0.25) is 0 Å². The predicted octanol–water partition coefficient (Wildman–Crippen LogP) is 4.63. The maximum absolute atomic E-state index is 11.6. The highest BCUT2D eigenvalue weighted by atomic mass is 31.2. The Bertz CT molecular complexity index is 1450. The Kier molecular flexibility index (Phi) is 6.21. The average molecular weight is 517 g/mol. The number of anilines is 1. The van der Waals surface area contributed by atoms with E-state index in [0.29, 0.717) is 5.69 Å². The Hall–Kier alpha value is -3.44. The highest BCUT2D eigenvalue weighted by Gasteiger charge is 2.55. The summed E-state index contributed by atoms with van der Waals surface area (Å²) in [7, 11) is -3.94. The third-order valence-electron chi connectivity index (χ3n) is 5.66. The van der Waals surface area contributed by atoms with E-state index in [1.807, 2.05) is 12.1 Å². The summed E-state index contributed by atoms with van der Waals surface area (Å²) >= 11 is 0. The lowest BCUT2D eigenvalue weighted by Gasteiger charge is -2.38. The van der Waals surface area contributed by atoms with Crippen molar-refractivity contribution in [1.29, 1.82) is 0 Å². The number of rotatable bonds is 4. The highest BCUT2D eigenvalue weighted by Crippen LogP contribution is 2.64.